The molecule has 1 aliphatic rings. The second-order valence-corrected chi connectivity index (χ2v) is 6.89. The summed E-state index contributed by atoms with van der Waals surface area (Å²) < 4.78 is 5.35. The molecular formula is C23H26N2O3. The van der Waals surface area contributed by atoms with Crippen LogP contribution in [0.5, 0.6) is 0 Å². The number of hydrogen-bond acceptors (Lipinski definition) is 3. The lowest BCUT2D eigenvalue weighted by atomic mass is 9.90. The molecule has 0 radical (unpaired) electrons. The van der Waals surface area contributed by atoms with Crippen molar-refractivity contribution in [3.63, 3.8) is 0 Å². The number of nitrogens with zero attached hydrogens (tertiary/aromatic N) is 1. The Balaban J connectivity index is 1.74. The quantitative estimate of drug-likeness (QED) is 0.744. The van der Waals surface area contributed by atoms with Gasteiger partial charge in [-0.15, -0.1) is 6.58 Å². The average molecular weight is 378 g/mol. The van der Waals surface area contributed by atoms with Gasteiger partial charge in [0.1, 0.15) is 12.6 Å². The van der Waals surface area contributed by atoms with Crippen molar-refractivity contribution < 1.29 is 14.3 Å². The highest BCUT2D eigenvalue weighted by atomic mass is 16.5. The summed E-state index contributed by atoms with van der Waals surface area (Å²) in [7, 11) is 0. The van der Waals surface area contributed by atoms with E-state index in [-0.39, 0.29) is 18.4 Å². The highest BCUT2D eigenvalue weighted by Crippen LogP contribution is 2.24. The molecule has 1 heterocycles. The highest BCUT2D eigenvalue weighted by Gasteiger charge is 2.34. The Bertz CT molecular complexity index is 786. The summed E-state index contributed by atoms with van der Waals surface area (Å²) in [5.74, 6) is -0.429. The summed E-state index contributed by atoms with van der Waals surface area (Å²) in [4.78, 5) is 27.4. The summed E-state index contributed by atoms with van der Waals surface area (Å²) in [5.41, 5.74) is 1.82. The molecule has 0 aromatic heterocycles. The molecule has 1 N–H and O–H groups in total. The Morgan fingerprint density at radius 2 is 1.64 bits per heavy atom. The molecule has 0 bridgehead atoms. The lowest BCUT2D eigenvalue weighted by Gasteiger charge is -2.29. The summed E-state index contributed by atoms with van der Waals surface area (Å²) in [6.45, 7) is 5.49. The van der Waals surface area contributed by atoms with Crippen molar-refractivity contribution in [2.24, 2.45) is 0 Å². The minimum absolute atomic E-state index is 0.0945. The topological polar surface area (TPSA) is 58.6 Å². The Morgan fingerprint density at radius 1 is 1.04 bits per heavy atom. The molecule has 0 saturated carbocycles. The third-order valence-electron chi connectivity index (χ3n) is 4.97. The van der Waals surface area contributed by atoms with Crippen molar-refractivity contribution in [3.05, 3.63) is 84.4 Å². The van der Waals surface area contributed by atoms with Gasteiger partial charge in [0.15, 0.2) is 0 Å². The Hall–Kier alpha value is -3.08. The first-order valence-electron chi connectivity index (χ1n) is 9.62. The van der Waals surface area contributed by atoms with Crippen LogP contribution in [-0.2, 0) is 16.1 Å². The van der Waals surface area contributed by atoms with Crippen molar-refractivity contribution in [1.29, 1.82) is 0 Å². The fourth-order valence-corrected chi connectivity index (χ4v) is 3.47. The number of ether oxygens (including phenoxy) is 1. The maximum absolute atomic E-state index is 13.1. The van der Waals surface area contributed by atoms with Gasteiger partial charge in [-0.2, -0.15) is 0 Å². The van der Waals surface area contributed by atoms with Crippen LogP contribution < -0.4 is 5.32 Å². The maximum atomic E-state index is 13.1. The molecule has 28 heavy (non-hydrogen) atoms. The molecule has 0 aliphatic carbocycles. The van der Waals surface area contributed by atoms with Gasteiger partial charge < -0.3 is 15.0 Å². The normalized spacial score (nSPS) is 15.5. The smallest absolute Gasteiger partial charge is 0.408 e. The molecule has 5 nitrogen and oxygen atoms in total. The van der Waals surface area contributed by atoms with E-state index in [2.05, 4.69) is 11.9 Å². The van der Waals surface area contributed by atoms with E-state index in [1.54, 1.807) is 6.08 Å². The minimum Gasteiger partial charge on any atom is -0.445 e. The molecule has 146 valence electrons. The fourth-order valence-electron chi connectivity index (χ4n) is 3.47. The van der Waals surface area contributed by atoms with Gasteiger partial charge in [-0.25, -0.2) is 4.79 Å². The van der Waals surface area contributed by atoms with E-state index >= 15 is 0 Å². The van der Waals surface area contributed by atoms with Crippen LogP contribution >= 0.6 is 0 Å². The second kappa shape index (κ2) is 9.74. The second-order valence-electron chi connectivity index (χ2n) is 6.89. The van der Waals surface area contributed by atoms with Gasteiger partial charge in [0, 0.05) is 19.0 Å². The number of rotatable bonds is 7. The number of likely N-dealkylation sites (tertiary alicyclic amines) is 1. The molecule has 2 aromatic rings. The molecule has 0 spiro atoms. The van der Waals surface area contributed by atoms with Crippen LogP contribution in [0.1, 0.15) is 29.9 Å². The summed E-state index contributed by atoms with van der Waals surface area (Å²) in [5, 5.41) is 2.79. The molecule has 1 saturated heterocycles. The first-order chi connectivity index (χ1) is 13.7. The van der Waals surface area contributed by atoms with Gasteiger partial charge >= 0.3 is 6.09 Å². The predicted octanol–water partition coefficient (Wildman–Crippen LogP) is 3.87. The van der Waals surface area contributed by atoms with Gasteiger partial charge in [-0.05, 0) is 24.0 Å². The molecule has 2 amide bonds. The summed E-state index contributed by atoms with van der Waals surface area (Å²) >= 11 is 0. The first-order valence-corrected chi connectivity index (χ1v) is 9.62. The first kappa shape index (κ1) is 19.7. The molecule has 3 rings (SSSR count). The zero-order valence-electron chi connectivity index (χ0n) is 15.9. The monoisotopic (exact) mass is 378 g/mol. The maximum Gasteiger partial charge on any atom is 0.408 e. The van der Waals surface area contributed by atoms with E-state index < -0.39 is 12.1 Å². The van der Waals surface area contributed by atoms with E-state index in [1.165, 1.54) is 0 Å². The zero-order chi connectivity index (χ0) is 19.8. The number of amides is 2. The van der Waals surface area contributed by atoms with Crippen LogP contribution in [0.3, 0.4) is 0 Å². The largest absolute Gasteiger partial charge is 0.445 e. The van der Waals surface area contributed by atoms with E-state index in [9.17, 15) is 9.59 Å². The molecule has 0 unspecified atom stereocenters. The van der Waals surface area contributed by atoms with Gasteiger partial charge in [-0.1, -0.05) is 66.7 Å². The Labute approximate surface area is 166 Å². The SMILES string of the molecule is C=C[C@H](c1ccccc1)[C@H](NC(=O)OCc1ccccc1)C(=O)N1CCCC1. The van der Waals surface area contributed by atoms with Crippen molar-refractivity contribution in [1.82, 2.24) is 10.2 Å². The van der Waals surface area contributed by atoms with Crippen LogP contribution in [0.2, 0.25) is 0 Å². The highest BCUT2D eigenvalue weighted by molar-refractivity contribution is 5.87. The van der Waals surface area contributed by atoms with E-state index in [0.29, 0.717) is 13.1 Å². The van der Waals surface area contributed by atoms with E-state index in [0.717, 1.165) is 24.0 Å². The molecular weight excluding hydrogens is 352 g/mol. The van der Waals surface area contributed by atoms with E-state index in [1.807, 2.05) is 65.6 Å². The third-order valence-corrected chi connectivity index (χ3v) is 4.97. The van der Waals surface area contributed by atoms with Crippen LogP contribution in [0.15, 0.2) is 73.3 Å². The van der Waals surface area contributed by atoms with Crippen LogP contribution in [0.4, 0.5) is 4.79 Å². The number of carbonyl (C=O) groups is 2. The molecule has 1 fully saturated rings. The lowest BCUT2D eigenvalue weighted by molar-refractivity contribution is -0.132. The summed E-state index contributed by atoms with van der Waals surface area (Å²) in [6.07, 6.45) is 3.08. The number of hydrogen-bond donors (Lipinski definition) is 1. The standard InChI is InChI=1S/C23H26N2O3/c1-2-20(19-13-7-4-8-14-19)21(22(26)25-15-9-10-16-25)24-23(27)28-17-18-11-5-3-6-12-18/h2-8,11-14,20-21H,1,9-10,15-17H2,(H,24,27)/t20-,21+/m1/s1. The average Bonchev–Trinajstić information content (AvgIpc) is 3.28. The molecule has 2 atom stereocenters. The molecule has 1 aliphatic heterocycles. The molecule has 2 aromatic carbocycles. The van der Waals surface area contributed by atoms with Crippen molar-refractivity contribution in [3.8, 4) is 0 Å². The van der Waals surface area contributed by atoms with Gasteiger partial charge in [0.25, 0.3) is 0 Å². The van der Waals surface area contributed by atoms with Crippen molar-refractivity contribution in [2.45, 2.75) is 31.4 Å². The van der Waals surface area contributed by atoms with Gasteiger partial charge in [-0.3, -0.25) is 4.79 Å². The fraction of sp³-hybridized carbons (Fsp3) is 0.304. The number of benzene rings is 2. The van der Waals surface area contributed by atoms with Crippen molar-refractivity contribution >= 4 is 12.0 Å². The summed E-state index contributed by atoms with van der Waals surface area (Å²) in [6, 6.07) is 18.3. The predicted molar refractivity (Wildman–Crippen MR) is 109 cm³/mol. The van der Waals surface area contributed by atoms with Crippen LogP contribution in [-0.4, -0.2) is 36.0 Å². The van der Waals surface area contributed by atoms with Gasteiger partial charge in [0.2, 0.25) is 5.91 Å². The molecule has 5 heteroatoms. The van der Waals surface area contributed by atoms with Crippen LogP contribution in [0.25, 0.3) is 0 Å². The third kappa shape index (κ3) is 5.00. The minimum atomic E-state index is -0.749. The number of nitrogens with one attached hydrogen (secondary N) is 1. The van der Waals surface area contributed by atoms with E-state index in [4.69, 9.17) is 4.74 Å². The van der Waals surface area contributed by atoms with Crippen LogP contribution in [0, 0.1) is 0 Å². The number of carbonyl (C=O) groups excluding carboxylic acids is 2. The lowest BCUT2D eigenvalue weighted by Crippen LogP contribution is -2.50. The Morgan fingerprint density at radius 3 is 2.25 bits per heavy atom. The Kier molecular flexibility index (Phi) is 6.84. The van der Waals surface area contributed by atoms with Crippen molar-refractivity contribution in [2.75, 3.05) is 13.1 Å². The van der Waals surface area contributed by atoms with Gasteiger partial charge in [0.05, 0.1) is 0 Å². The zero-order valence-corrected chi connectivity index (χ0v) is 15.9. The number of alkyl carbamates (subject to hydrolysis) is 1.